The molecule has 1 aromatic rings. The molecule has 0 saturated carbocycles. The number of rotatable bonds is 6. The second kappa shape index (κ2) is 6.66. The van der Waals surface area contributed by atoms with Gasteiger partial charge in [0.15, 0.2) is 0 Å². The zero-order valence-electron chi connectivity index (χ0n) is 9.55. The molecule has 0 spiro atoms. The van der Waals surface area contributed by atoms with E-state index in [1.54, 1.807) is 7.11 Å². The van der Waals surface area contributed by atoms with Crippen molar-refractivity contribution >= 4 is 21.7 Å². The highest BCUT2D eigenvalue weighted by molar-refractivity contribution is 9.10. The first kappa shape index (κ1) is 13.2. The molecule has 4 heteroatoms. The van der Waals surface area contributed by atoms with Crippen molar-refractivity contribution < 1.29 is 9.53 Å². The average Bonchev–Trinajstić information content (AvgIpc) is 2.26. The zero-order chi connectivity index (χ0) is 12.0. The van der Waals surface area contributed by atoms with Gasteiger partial charge in [0.1, 0.15) is 11.5 Å². The molecule has 1 rings (SSSR count). The molecule has 0 aliphatic rings. The third-order valence-corrected chi connectivity index (χ3v) is 2.89. The van der Waals surface area contributed by atoms with E-state index in [0.717, 1.165) is 22.3 Å². The number of ether oxygens (including phenoxy) is 1. The number of Topliss-reactive ketones (excluding diaryl/α,β-unsaturated/α-hetero) is 1. The molecule has 0 fully saturated rings. The molecule has 0 amide bonds. The lowest BCUT2D eigenvalue weighted by Gasteiger charge is -2.06. The Morgan fingerprint density at radius 3 is 2.81 bits per heavy atom. The van der Waals surface area contributed by atoms with Gasteiger partial charge in [0.05, 0.1) is 11.6 Å². The predicted octanol–water partition coefficient (Wildman–Crippen LogP) is 2.18. The standard InChI is InChI=1S/C12H16BrNO2/c1-14-6-5-10(15)7-9-3-4-12(16-2)11(13)8-9/h3-4,8,14H,5-7H2,1-2H3. The van der Waals surface area contributed by atoms with Gasteiger partial charge in [-0.25, -0.2) is 0 Å². The van der Waals surface area contributed by atoms with E-state index in [9.17, 15) is 4.79 Å². The topological polar surface area (TPSA) is 38.3 Å². The molecule has 0 aliphatic carbocycles. The van der Waals surface area contributed by atoms with Crippen molar-refractivity contribution in [3.63, 3.8) is 0 Å². The van der Waals surface area contributed by atoms with Gasteiger partial charge in [0.25, 0.3) is 0 Å². The van der Waals surface area contributed by atoms with Crippen LogP contribution in [0.15, 0.2) is 22.7 Å². The minimum Gasteiger partial charge on any atom is -0.496 e. The van der Waals surface area contributed by atoms with Gasteiger partial charge in [-0.05, 0) is 40.7 Å². The zero-order valence-corrected chi connectivity index (χ0v) is 11.1. The monoisotopic (exact) mass is 285 g/mol. The summed E-state index contributed by atoms with van der Waals surface area (Å²) in [7, 11) is 3.47. The first-order valence-corrected chi connectivity index (χ1v) is 5.95. The van der Waals surface area contributed by atoms with Crippen LogP contribution in [0.1, 0.15) is 12.0 Å². The van der Waals surface area contributed by atoms with Crippen LogP contribution >= 0.6 is 15.9 Å². The van der Waals surface area contributed by atoms with Crippen molar-refractivity contribution in [2.45, 2.75) is 12.8 Å². The van der Waals surface area contributed by atoms with Crippen molar-refractivity contribution in [3.8, 4) is 5.75 Å². The van der Waals surface area contributed by atoms with Gasteiger partial charge < -0.3 is 10.1 Å². The van der Waals surface area contributed by atoms with E-state index in [1.807, 2.05) is 25.2 Å². The Balaban J connectivity index is 2.61. The van der Waals surface area contributed by atoms with Crippen molar-refractivity contribution in [1.82, 2.24) is 5.32 Å². The van der Waals surface area contributed by atoms with Crippen molar-refractivity contribution in [2.24, 2.45) is 0 Å². The summed E-state index contributed by atoms with van der Waals surface area (Å²) in [5.74, 6) is 1.03. The molecule has 88 valence electrons. The van der Waals surface area contributed by atoms with Crippen LogP contribution in [0.2, 0.25) is 0 Å². The summed E-state index contributed by atoms with van der Waals surface area (Å²) in [6.07, 6.45) is 1.05. The van der Waals surface area contributed by atoms with Crippen molar-refractivity contribution in [3.05, 3.63) is 28.2 Å². The van der Waals surface area contributed by atoms with E-state index in [2.05, 4.69) is 21.2 Å². The molecule has 0 aliphatic heterocycles. The normalized spacial score (nSPS) is 10.2. The Morgan fingerprint density at radius 2 is 2.25 bits per heavy atom. The van der Waals surface area contributed by atoms with E-state index in [1.165, 1.54) is 0 Å². The maximum atomic E-state index is 11.6. The first-order chi connectivity index (χ1) is 7.67. The second-order valence-electron chi connectivity index (χ2n) is 3.54. The summed E-state index contributed by atoms with van der Waals surface area (Å²) < 4.78 is 6.01. The van der Waals surface area contributed by atoms with Gasteiger partial charge in [-0.1, -0.05) is 6.07 Å². The van der Waals surface area contributed by atoms with Gasteiger partial charge in [-0.15, -0.1) is 0 Å². The molecule has 0 saturated heterocycles. The maximum absolute atomic E-state index is 11.6. The number of halogens is 1. The van der Waals surface area contributed by atoms with Gasteiger partial charge >= 0.3 is 0 Å². The fourth-order valence-corrected chi connectivity index (χ4v) is 1.99. The minimum absolute atomic E-state index is 0.242. The number of nitrogens with one attached hydrogen (secondary N) is 1. The molecule has 0 aromatic heterocycles. The number of carbonyl (C=O) groups excluding carboxylic acids is 1. The van der Waals surface area contributed by atoms with Crippen LogP contribution in [0, 0.1) is 0 Å². The Morgan fingerprint density at radius 1 is 1.50 bits per heavy atom. The van der Waals surface area contributed by atoms with Crippen LogP contribution in [0.25, 0.3) is 0 Å². The molecule has 0 bridgehead atoms. The van der Waals surface area contributed by atoms with E-state index in [4.69, 9.17) is 4.74 Å². The minimum atomic E-state index is 0.242. The quantitative estimate of drug-likeness (QED) is 0.871. The van der Waals surface area contributed by atoms with Crippen LogP contribution in [-0.4, -0.2) is 26.5 Å². The highest BCUT2D eigenvalue weighted by Crippen LogP contribution is 2.25. The number of benzene rings is 1. The lowest BCUT2D eigenvalue weighted by molar-refractivity contribution is -0.118. The Bertz CT molecular complexity index is 366. The molecule has 16 heavy (non-hydrogen) atoms. The number of ketones is 1. The second-order valence-corrected chi connectivity index (χ2v) is 4.39. The summed E-state index contributed by atoms with van der Waals surface area (Å²) in [5, 5.41) is 2.96. The molecule has 3 nitrogen and oxygen atoms in total. The van der Waals surface area contributed by atoms with Gasteiger partial charge in [-0.3, -0.25) is 4.79 Å². The Labute approximate surface area is 104 Å². The van der Waals surface area contributed by atoms with E-state index < -0.39 is 0 Å². The van der Waals surface area contributed by atoms with Crippen LogP contribution < -0.4 is 10.1 Å². The third kappa shape index (κ3) is 3.94. The summed E-state index contributed by atoms with van der Waals surface area (Å²) in [6.45, 7) is 0.732. The summed E-state index contributed by atoms with van der Waals surface area (Å²) in [6, 6.07) is 5.71. The van der Waals surface area contributed by atoms with Crippen LogP contribution in [0.5, 0.6) is 5.75 Å². The smallest absolute Gasteiger partial charge is 0.138 e. The first-order valence-electron chi connectivity index (χ1n) is 5.16. The summed E-state index contributed by atoms with van der Waals surface area (Å²) in [4.78, 5) is 11.6. The Kier molecular flexibility index (Phi) is 5.49. The van der Waals surface area contributed by atoms with Gasteiger partial charge in [0, 0.05) is 19.4 Å². The van der Waals surface area contributed by atoms with Crippen LogP contribution in [-0.2, 0) is 11.2 Å². The van der Waals surface area contributed by atoms with Crippen molar-refractivity contribution in [1.29, 1.82) is 0 Å². The van der Waals surface area contributed by atoms with E-state index in [0.29, 0.717) is 12.8 Å². The molecule has 0 radical (unpaired) electrons. The largest absolute Gasteiger partial charge is 0.496 e. The maximum Gasteiger partial charge on any atom is 0.138 e. The number of hydrogen-bond donors (Lipinski definition) is 1. The fraction of sp³-hybridized carbons (Fsp3) is 0.417. The molecule has 0 heterocycles. The number of methoxy groups -OCH3 is 1. The van der Waals surface area contributed by atoms with Crippen LogP contribution in [0.3, 0.4) is 0 Å². The lowest BCUT2D eigenvalue weighted by Crippen LogP contribution is -2.14. The molecule has 1 aromatic carbocycles. The molecular weight excluding hydrogens is 270 g/mol. The number of carbonyl (C=O) groups is 1. The number of hydrogen-bond acceptors (Lipinski definition) is 3. The fourth-order valence-electron chi connectivity index (χ4n) is 1.40. The lowest BCUT2D eigenvalue weighted by atomic mass is 10.1. The van der Waals surface area contributed by atoms with Gasteiger partial charge in [-0.2, -0.15) is 0 Å². The van der Waals surface area contributed by atoms with E-state index in [-0.39, 0.29) is 5.78 Å². The average molecular weight is 286 g/mol. The van der Waals surface area contributed by atoms with Crippen LogP contribution in [0.4, 0.5) is 0 Å². The Hall–Kier alpha value is -0.870. The highest BCUT2D eigenvalue weighted by Gasteiger charge is 2.06. The van der Waals surface area contributed by atoms with Gasteiger partial charge in [0.2, 0.25) is 0 Å². The third-order valence-electron chi connectivity index (χ3n) is 2.27. The molecule has 1 N–H and O–H groups in total. The van der Waals surface area contributed by atoms with E-state index >= 15 is 0 Å². The molecular formula is C12H16BrNO2. The summed E-state index contributed by atoms with van der Waals surface area (Å²) >= 11 is 3.40. The van der Waals surface area contributed by atoms with Crippen molar-refractivity contribution in [2.75, 3.05) is 20.7 Å². The highest BCUT2D eigenvalue weighted by atomic mass is 79.9. The predicted molar refractivity (Wildman–Crippen MR) is 67.9 cm³/mol. The SMILES string of the molecule is CNCCC(=O)Cc1ccc(OC)c(Br)c1. The summed E-state index contributed by atoms with van der Waals surface area (Å²) in [5.41, 5.74) is 1.01. The molecule has 0 unspecified atom stereocenters. The molecule has 0 atom stereocenters.